The van der Waals surface area contributed by atoms with E-state index in [0.717, 1.165) is 49.9 Å². The zero-order chi connectivity index (χ0) is 15.6. The largest absolute Gasteiger partial charge is 0.380 e. The van der Waals surface area contributed by atoms with E-state index in [9.17, 15) is 4.79 Å². The number of amides is 1. The molecule has 4 rings (SSSR count). The number of ether oxygens (including phenoxy) is 1. The van der Waals surface area contributed by atoms with E-state index >= 15 is 0 Å². The molecule has 2 aromatic rings. The summed E-state index contributed by atoms with van der Waals surface area (Å²) < 4.78 is 5.27. The van der Waals surface area contributed by atoms with E-state index in [-0.39, 0.29) is 11.8 Å². The smallest absolute Gasteiger partial charge is 0.228 e. The summed E-state index contributed by atoms with van der Waals surface area (Å²) in [7, 11) is 0. The molecule has 2 fully saturated rings. The standard InChI is InChI=1S/C18H21N3O2/c22-18(12-3-5-19-6-4-12)21-17-8-15-7-13(16-10-23-11-16)1-2-14(15)9-20-17/h1-2,7-9,12,16,19H,3-6,10-11H2,(H,20,21,22). The second kappa shape index (κ2) is 6.26. The van der Waals surface area contributed by atoms with Crippen molar-refractivity contribution in [3.05, 3.63) is 36.0 Å². The number of rotatable bonds is 3. The number of benzene rings is 1. The molecule has 5 nitrogen and oxygen atoms in total. The average molecular weight is 311 g/mol. The van der Waals surface area contributed by atoms with Crippen LogP contribution >= 0.6 is 0 Å². The van der Waals surface area contributed by atoms with Gasteiger partial charge in [0.25, 0.3) is 0 Å². The lowest BCUT2D eigenvalue weighted by molar-refractivity contribution is -0.120. The maximum absolute atomic E-state index is 12.3. The van der Waals surface area contributed by atoms with Crippen LogP contribution in [0.4, 0.5) is 5.82 Å². The molecule has 1 aromatic heterocycles. The van der Waals surface area contributed by atoms with Crippen LogP contribution in [-0.2, 0) is 9.53 Å². The Labute approximate surface area is 135 Å². The topological polar surface area (TPSA) is 63.2 Å². The Morgan fingerprint density at radius 3 is 2.74 bits per heavy atom. The van der Waals surface area contributed by atoms with E-state index in [2.05, 4.69) is 33.8 Å². The molecule has 0 aliphatic carbocycles. The Kier molecular flexibility index (Phi) is 3.97. The molecule has 5 heteroatoms. The summed E-state index contributed by atoms with van der Waals surface area (Å²) >= 11 is 0. The minimum Gasteiger partial charge on any atom is -0.380 e. The van der Waals surface area contributed by atoms with Crippen LogP contribution in [0.1, 0.15) is 24.3 Å². The Morgan fingerprint density at radius 1 is 1.17 bits per heavy atom. The molecular weight excluding hydrogens is 290 g/mol. The van der Waals surface area contributed by atoms with Gasteiger partial charge in [-0.1, -0.05) is 18.2 Å². The van der Waals surface area contributed by atoms with Gasteiger partial charge in [-0.3, -0.25) is 4.79 Å². The van der Waals surface area contributed by atoms with E-state index in [1.165, 1.54) is 5.56 Å². The molecule has 0 spiro atoms. The van der Waals surface area contributed by atoms with Gasteiger partial charge in [0.2, 0.25) is 5.91 Å². The Morgan fingerprint density at radius 2 is 2.00 bits per heavy atom. The van der Waals surface area contributed by atoms with Gasteiger partial charge >= 0.3 is 0 Å². The number of nitrogens with one attached hydrogen (secondary N) is 2. The molecule has 0 atom stereocenters. The van der Waals surface area contributed by atoms with Crippen molar-refractivity contribution in [2.45, 2.75) is 18.8 Å². The van der Waals surface area contributed by atoms with Crippen molar-refractivity contribution in [2.24, 2.45) is 5.92 Å². The van der Waals surface area contributed by atoms with E-state index in [1.807, 2.05) is 12.3 Å². The molecule has 0 bridgehead atoms. The number of pyridine rings is 1. The molecule has 1 amide bonds. The molecular formula is C18H21N3O2. The molecule has 0 saturated carbocycles. The summed E-state index contributed by atoms with van der Waals surface area (Å²) in [5.74, 6) is 1.32. The highest BCUT2D eigenvalue weighted by atomic mass is 16.5. The number of carbonyl (C=O) groups is 1. The van der Waals surface area contributed by atoms with Gasteiger partial charge < -0.3 is 15.4 Å². The summed E-state index contributed by atoms with van der Waals surface area (Å²) in [5.41, 5.74) is 1.30. The number of hydrogen-bond acceptors (Lipinski definition) is 4. The third kappa shape index (κ3) is 3.07. The van der Waals surface area contributed by atoms with Gasteiger partial charge in [-0.2, -0.15) is 0 Å². The molecule has 0 radical (unpaired) electrons. The normalized spacial score (nSPS) is 19.5. The molecule has 120 valence electrons. The quantitative estimate of drug-likeness (QED) is 0.913. The van der Waals surface area contributed by atoms with E-state index in [4.69, 9.17) is 4.74 Å². The number of nitrogens with zero attached hydrogens (tertiary/aromatic N) is 1. The van der Waals surface area contributed by atoms with E-state index in [0.29, 0.717) is 11.7 Å². The summed E-state index contributed by atoms with van der Waals surface area (Å²) in [6, 6.07) is 8.39. The number of piperidine rings is 1. The van der Waals surface area contributed by atoms with E-state index in [1.54, 1.807) is 0 Å². The van der Waals surface area contributed by atoms with Crippen molar-refractivity contribution in [3.8, 4) is 0 Å². The predicted molar refractivity (Wildman–Crippen MR) is 89.5 cm³/mol. The molecule has 2 saturated heterocycles. The highest BCUT2D eigenvalue weighted by molar-refractivity contribution is 5.94. The lowest BCUT2D eigenvalue weighted by Gasteiger charge is -2.26. The summed E-state index contributed by atoms with van der Waals surface area (Å²) in [6.07, 6.45) is 3.62. The van der Waals surface area contributed by atoms with Gasteiger partial charge in [0.15, 0.2) is 0 Å². The molecule has 2 N–H and O–H groups in total. The third-order valence-corrected chi connectivity index (χ3v) is 4.82. The van der Waals surface area contributed by atoms with Crippen LogP contribution in [-0.4, -0.2) is 37.2 Å². The van der Waals surface area contributed by atoms with Crippen molar-refractivity contribution in [2.75, 3.05) is 31.6 Å². The summed E-state index contributed by atoms with van der Waals surface area (Å²) in [5, 5.41) is 8.46. The Bertz CT molecular complexity index is 721. The van der Waals surface area contributed by atoms with E-state index < -0.39 is 0 Å². The van der Waals surface area contributed by atoms with Crippen molar-refractivity contribution >= 4 is 22.5 Å². The van der Waals surface area contributed by atoms with Crippen LogP contribution < -0.4 is 10.6 Å². The fraction of sp³-hybridized carbons (Fsp3) is 0.444. The SMILES string of the molecule is O=C(Nc1cc2cc(C3COC3)ccc2cn1)C1CCNCC1. The van der Waals surface area contributed by atoms with Crippen molar-refractivity contribution in [1.82, 2.24) is 10.3 Å². The van der Waals surface area contributed by atoms with Crippen molar-refractivity contribution < 1.29 is 9.53 Å². The first-order valence-corrected chi connectivity index (χ1v) is 8.28. The number of carbonyl (C=O) groups excluding carboxylic acids is 1. The lowest BCUT2D eigenvalue weighted by Crippen LogP contribution is -2.34. The Hall–Kier alpha value is -1.98. The van der Waals surface area contributed by atoms with Crippen LogP contribution in [0.5, 0.6) is 0 Å². The summed E-state index contributed by atoms with van der Waals surface area (Å²) in [4.78, 5) is 16.7. The second-order valence-corrected chi connectivity index (χ2v) is 6.42. The third-order valence-electron chi connectivity index (χ3n) is 4.82. The Balaban J connectivity index is 1.53. The maximum atomic E-state index is 12.3. The zero-order valence-corrected chi connectivity index (χ0v) is 13.0. The van der Waals surface area contributed by atoms with Gasteiger partial charge in [0.1, 0.15) is 5.82 Å². The van der Waals surface area contributed by atoms with Crippen molar-refractivity contribution in [1.29, 1.82) is 0 Å². The molecule has 2 aliphatic heterocycles. The number of anilines is 1. The molecule has 3 heterocycles. The number of aromatic nitrogens is 1. The minimum absolute atomic E-state index is 0.0851. The van der Waals surface area contributed by atoms with Crippen LogP contribution in [0.3, 0.4) is 0 Å². The number of hydrogen-bond donors (Lipinski definition) is 2. The first kappa shape index (κ1) is 14.6. The molecule has 2 aliphatic rings. The van der Waals surface area contributed by atoms with Crippen LogP contribution in [0.2, 0.25) is 0 Å². The monoisotopic (exact) mass is 311 g/mol. The summed E-state index contributed by atoms with van der Waals surface area (Å²) in [6.45, 7) is 3.43. The van der Waals surface area contributed by atoms with Crippen LogP contribution in [0.15, 0.2) is 30.5 Å². The van der Waals surface area contributed by atoms with Gasteiger partial charge in [-0.05, 0) is 42.9 Å². The first-order chi connectivity index (χ1) is 11.3. The predicted octanol–water partition coefficient (Wildman–Crippen LogP) is 2.29. The molecule has 1 aromatic carbocycles. The average Bonchev–Trinajstić information content (AvgIpc) is 2.54. The molecule has 23 heavy (non-hydrogen) atoms. The van der Waals surface area contributed by atoms with Crippen LogP contribution in [0.25, 0.3) is 10.8 Å². The minimum atomic E-state index is 0.0851. The fourth-order valence-electron chi connectivity index (χ4n) is 3.22. The lowest BCUT2D eigenvalue weighted by atomic mass is 9.95. The van der Waals surface area contributed by atoms with Gasteiger partial charge in [-0.15, -0.1) is 0 Å². The van der Waals surface area contributed by atoms with Gasteiger partial charge in [-0.25, -0.2) is 4.98 Å². The van der Waals surface area contributed by atoms with Crippen molar-refractivity contribution in [3.63, 3.8) is 0 Å². The fourth-order valence-corrected chi connectivity index (χ4v) is 3.22. The maximum Gasteiger partial charge on any atom is 0.228 e. The molecule has 0 unspecified atom stereocenters. The van der Waals surface area contributed by atoms with Gasteiger partial charge in [0.05, 0.1) is 13.2 Å². The highest BCUT2D eigenvalue weighted by Crippen LogP contribution is 2.28. The second-order valence-electron chi connectivity index (χ2n) is 6.42. The zero-order valence-electron chi connectivity index (χ0n) is 13.0. The first-order valence-electron chi connectivity index (χ1n) is 8.28. The van der Waals surface area contributed by atoms with Crippen LogP contribution in [0, 0.1) is 5.92 Å². The number of fused-ring (bicyclic) bond motifs is 1. The van der Waals surface area contributed by atoms with Gasteiger partial charge in [0, 0.05) is 23.4 Å². The highest BCUT2D eigenvalue weighted by Gasteiger charge is 2.22.